The molecule has 25 heavy (non-hydrogen) atoms. The Morgan fingerprint density at radius 1 is 1.20 bits per heavy atom. The third kappa shape index (κ3) is 2.93. The van der Waals surface area contributed by atoms with Crippen LogP contribution in [0.15, 0.2) is 35.7 Å². The van der Waals surface area contributed by atoms with E-state index in [0.29, 0.717) is 37.7 Å². The Morgan fingerprint density at radius 2 is 2.00 bits per heavy atom. The van der Waals surface area contributed by atoms with E-state index in [9.17, 15) is 9.59 Å². The van der Waals surface area contributed by atoms with Gasteiger partial charge in [-0.05, 0) is 6.42 Å². The van der Waals surface area contributed by atoms with Crippen LogP contribution in [-0.2, 0) is 0 Å². The Kier molecular flexibility index (Phi) is 4.04. The van der Waals surface area contributed by atoms with Crippen LogP contribution in [0.1, 0.15) is 6.42 Å². The van der Waals surface area contributed by atoms with Gasteiger partial charge >= 0.3 is 12.1 Å². The van der Waals surface area contributed by atoms with E-state index in [1.165, 1.54) is 16.2 Å². The van der Waals surface area contributed by atoms with Crippen LogP contribution in [0, 0.1) is 0 Å². The molecule has 2 aliphatic rings. The standard InChI is InChI=1S/C17H18N4O3S/c22-16-20(13-6-7-19(10-13)17(23)24)8-9-21(16)15-18-14(11-25-15)12-4-2-1-3-5-12/h1-5,11,13H,6-10H2,(H,23,24). The monoisotopic (exact) mass is 358 g/mol. The first-order valence-electron chi connectivity index (χ1n) is 8.20. The second-order valence-electron chi connectivity index (χ2n) is 6.18. The number of amides is 3. The number of anilines is 1. The summed E-state index contributed by atoms with van der Waals surface area (Å²) in [5, 5.41) is 11.7. The minimum absolute atomic E-state index is 0.0397. The van der Waals surface area contributed by atoms with E-state index >= 15 is 0 Å². The topological polar surface area (TPSA) is 77.0 Å². The molecule has 4 rings (SSSR count). The lowest BCUT2D eigenvalue weighted by Gasteiger charge is -2.23. The first-order chi connectivity index (χ1) is 12.1. The molecule has 0 spiro atoms. The smallest absolute Gasteiger partial charge is 0.407 e. The van der Waals surface area contributed by atoms with Crippen molar-refractivity contribution in [3.05, 3.63) is 35.7 Å². The van der Waals surface area contributed by atoms with Crippen molar-refractivity contribution in [3.63, 3.8) is 0 Å². The van der Waals surface area contributed by atoms with Gasteiger partial charge in [-0.2, -0.15) is 0 Å². The lowest BCUT2D eigenvalue weighted by molar-refractivity contribution is 0.150. The highest BCUT2D eigenvalue weighted by molar-refractivity contribution is 7.14. The number of carbonyl (C=O) groups is 2. The highest BCUT2D eigenvalue weighted by atomic mass is 32.1. The van der Waals surface area contributed by atoms with Crippen LogP contribution >= 0.6 is 11.3 Å². The minimum Gasteiger partial charge on any atom is -0.465 e. The molecular weight excluding hydrogens is 340 g/mol. The number of nitrogens with zero attached hydrogens (tertiary/aromatic N) is 4. The quantitative estimate of drug-likeness (QED) is 0.915. The van der Waals surface area contributed by atoms with Gasteiger partial charge in [0, 0.05) is 37.1 Å². The van der Waals surface area contributed by atoms with Crippen LogP contribution in [0.5, 0.6) is 0 Å². The van der Waals surface area contributed by atoms with Crippen molar-refractivity contribution in [3.8, 4) is 11.3 Å². The summed E-state index contributed by atoms with van der Waals surface area (Å²) in [5.74, 6) is 0. The van der Waals surface area contributed by atoms with Crippen molar-refractivity contribution in [2.75, 3.05) is 31.1 Å². The maximum atomic E-state index is 12.8. The highest BCUT2D eigenvalue weighted by Gasteiger charge is 2.39. The van der Waals surface area contributed by atoms with Crippen molar-refractivity contribution in [1.29, 1.82) is 0 Å². The van der Waals surface area contributed by atoms with Gasteiger partial charge in [-0.25, -0.2) is 14.6 Å². The summed E-state index contributed by atoms with van der Waals surface area (Å²) in [4.78, 5) is 33.3. The highest BCUT2D eigenvalue weighted by Crippen LogP contribution is 2.31. The number of hydrogen-bond donors (Lipinski definition) is 1. The van der Waals surface area contributed by atoms with Gasteiger partial charge in [0.1, 0.15) is 0 Å². The van der Waals surface area contributed by atoms with Crippen LogP contribution in [0.4, 0.5) is 14.7 Å². The molecule has 1 aromatic heterocycles. The first kappa shape index (κ1) is 15.9. The molecular formula is C17H18N4O3S. The number of rotatable bonds is 3. The Labute approximate surface area is 149 Å². The third-order valence-electron chi connectivity index (χ3n) is 4.71. The second-order valence-corrected chi connectivity index (χ2v) is 7.02. The molecule has 8 heteroatoms. The normalized spacial score (nSPS) is 20.6. The molecule has 7 nitrogen and oxygen atoms in total. The van der Waals surface area contributed by atoms with Crippen molar-refractivity contribution >= 4 is 28.6 Å². The fourth-order valence-electron chi connectivity index (χ4n) is 3.37. The number of urea groups is 1. The van der Waals surface area contributed by atoms with Crippen molar-refractivity contribution < 1.29 is 14.7 Å². The average molecular weight is 358 g/mol. The summed E-state index contributed by atoms with van der Waals surface area (Å²) < 4.78 is 0. The molecule has 3 heterocycles. The average Bonchev–Trinajstić information content (AvgIpc) is 3.34. The SMILES string of the molecule is O=C(O)N1CCC(N2CCN(c3nc(-c4ccccc4)cs3)C2=O)C1. The minimum atomic E-state index is -0.918. The number of thiazole rings is 1. The molecule has 0 saturated carbocycles. The van der Waals surface area contributed by atoms with E-state index in [-0.39, 0.29) is 12.1 Å². The lowest BCUT2D eigenvalue weighted by atomic mass is 10.2. The van der Waals surface area contributed by atoms with E-state index < -0.39 is 6.09 Å². The van der Waals surface area contributed by atoms with Gasteiger partial charge in [-0.15, -0.1) is 11.3 Å². The summed E-state index contributed by atoms with van der Waals surface area (Å²) >= 11 is 1.46. The molecule has 1 unspecified atom stereocenters. The van der Waals surface area contributed by atoms with Crippen molar-refractivity contribution in [1.82, 2.24) is 14.8 Å². The number of aromatic nitrogens is 1. The summed E-state index contributed by atoms with van der Waals surface area (Å²) in [5.41, 5.74) is 1.89. The molecule has 2 fully saturated rings. The fraction of sp³-hybridized carbons (Fsp3) is 0.353. The van der Waals surface area contributed by atoms with Gasteiger partial charge in [-0.3, -0.25) is 4.90 Å². The third-order valence-corrected chi connectivity index (χ3v) is 5.57. The van der Waals surface area contributed by atoms with E-state index in [0.717, 1.165) is 11.3 Å². The summed E-state index contributed by atoms with van der Waals surface area (Å²) in [6, 6.07) is 9.76. The number of hydrogen-bond acceptors (Lipinski definition) is 4. The molecule has 1 N–H and O–H groups in total. The number of likely N-dealkylation sites (tertiary alicyclic amines) is 1. The Hall–Kier alpha value is -2.61. The summed E-state index contributed by atoms with van der Waals surface area (Å²) in [7, 11) is 0. The Morgan fingerprint density at radius 3 is 2.72 bits per heavy atom. The van der Waals surface area contributed by atoms with Gasteiger partial charge in [0.25, 0.3) is 0 Å². The zero-order valence-electron chi connectivity index (χ0n) is 13.5. The van der Waals surface area contributed by atoms with Gasteiger partial charge in [0.2, 0.25) is 0 Å². The van der Waals surface area contributed by atoms with Gasteiger partial charge in [-0.1, -0.05) is 30.3 Å². The maximum absolute atomic E-state index is 12.8. The van der Waals surface area contributed by atoms with E-state index in [1.54, 1.807) is 9.80 Å². The summed E-state index contributed by atoms with van der Waals surface area (Å²) in [6.07, 6.45) is -0.225. The van der Waals surface area contributed by atoms with Crippen molar-refractivity contribution in [2.24, 2.45) is 0 Å². The molecule has 2 saturated heterocycles. The first-order valence-corrected chi connectivity index (χ1v) is 9.08. The number of carbonyl (C=O) groups excluding carboxylic acids is 1. The van der Waals surface area contributed by atoms with Crippen molar-refractivity contribution in [2.45, 2.75) is 12.5 Å². The predicted octanol–water partition coefficient (Wildman–Crippen LogP) is 2.80. The molecule has 2 aliphatic heterocycles. The fourth-order valence-corrected chi connectivity index (χ4v) is 4.22. The van der Waals surface area contributed by atoms with Crippen LogP contribution < -0.4 is 4.90 Å². The molecule has 2 aromatic rings. The van der Waals surface area contributed by atoms with Gasteiger partial charge in [0.05, 0.1) is 11.7 Å². The molecule has 1 atom stereocenters. The van der Waals surface area contributed by atoms with E-state index in [2.05, 4.69) is 4.98 Å². The van der Waals surface area contributed by atoms with Crippen LogP contribution in [0.25, 0.3) is 11.3 Å². The van der Waals surface area contributed by atoms with E-state index in [1.807, 2.05) is 35.7 Å². The van der Waals surface area contributed by atoms with E-state index in [4.69, 9.17) is 5.11 Å². The molecule has 130 valence electrons. The largest absolute Gasteiger partial charge is 0.465 e. The lowest BCUT2D eigenvalue weighted by Crippen LogP contribution is -2.41. The molecule has 3 amide bonds. The molecule has 0 radical (unpaired) electrons. The predicted molar refractivity (Wildman–Crippen MR) is 95.0 cm³/mol. The molecule has 1 aromatic carbocycles. The Bertz CT molecular complexity index is 794. The van der Waals surface area contributed by atoms with Crippen LogP contribution in [0.3, 0.4) is 0 Å². The number of carboxylic acid groups (broad SMARTS) is 1. The molecule has 0 bridgehead atoms. The van der Waals surface area contributed by atoms with Crippen LogP contribution in [0.2, 0.25) is 0 Å². The van der Waals surface area contributed by atoms with Crippen LogP contribution in [-0.4, -0.2) is 64.2 Å². The summed E-state index contributed by atoms with van der Waals surface area (Å²) in [6.45, 7) is 2.07. The Balaban J connectivity index is 1.47. The van der Waals surface area contributed by atoms with Gasteiger partial charge < -0.3 is 14.9 Å². The van der Waals surface area contributed by atoms with Gasteiger partial charge in [0.15, 0.2) is 5.13 Å². The zero-order valence-corrected chi connectivity index (χ0v) is 14.4. The number of benzene rings is 1. The zero-order chi connectivity index (χ0) is 17.4. The maximum Gasteiger partial charge on any atom is 0.407 e. The second kappa shape index (κ2) is 6.36. The molecule has 0 aliphatic carbocycles.